The monoisotopic (exact) mass is 417 g/mol. The van der Waals surface area contributed by atoms with Gasteiger partial charge in [-0.1, -0.05) is 0 Å². The van der Waals surface area contributed by atoms with Crippen molar-refractivity contribution in [1.29, 1.82) is 0 Å². The molecule has 0 atom stereocenters. The molecule has 3 rings (SSSR count). The lowest BCUT2D eigenvalue weighted by Gasteiger charge is -2.25. The maximum absolute atomic E-state index is 13.5. The van der Waals surface area contributed by atoms with E-state index in [0.717, 1.165) is 10.4 Å². The minimum absolute atomic E-state index is 0.00927. The Bertz CT molecular complexity index is 1110. The molecule has 3 aromatic rings. The van der Waals surface area contributed by atoms with Gasteiger partial charge in [-0.25, -0.2) is 27.1 Å². The van der Waals surface area contributed by atoms with Crippen molar-refractivity contribution in [3.8, 4) is 11.5 Å². The van der Waals surface area contributed by atoms with E-state index < -0.39 is 15.8 Å². The van der Waals surface area contributed by atoms with Gasteiger partial charge in [-0.3, -0.25) is 0 Å². The summed E-state index contributed by atoms with van der Waals surface area (Å²) in [7, 11) is -1.03. The lowest BCUT2D eigenvalue weighted by Crippen LogP contribution is -2.32. The van der Waals surface area contributed by atoms with Gasteiger partial charge in [0.2, 0.25) is 0 Å². The molecule has 0 N–H and O–H groups in total. The fourth-order valence-electron chi connectivity index (χ4n) is 2.88. The van der Waals surface area contributed by atoms with E-state index in [0.29, 0.717) is 22.6 Å². The molecule has 2 aromatic carbocycles. The highest BCUT2D eigenvalue weighted by molar-refractivity contribution is 7.92. The van der Waals surface area contributed by atoms with Crippen LogP contribution in [0.15, 0.2) is 59.9 Å². The zero-order valence-corrected chi connectivity index (χ0v) is 17.0. The highest BCUT2D eigenvalue weighted by atomic mass is 32.2. The predicted molar refractivity (Wildman–Crippen MR) is 106 cm³/mol. The molecule has 1 aromatic heterocycles. The van der Waals surface area contributed by atoms with E-state index in [2.05, 4.69) is 9.97 Å². The fourth-order valence-corrected chi connectivity index (χ4v) is 4.49. The Morgan fingerprint density at radius 2 is 1.86 bits per heavy atom. The van der Waals surface area contributed by atoms with Crippen LogP contribution >= 0.6 is 0 Å². The quantitative estimate of drug-likeness (QED) is 0.587. The molecule has 0 bridgehead atoms. The van der Waals surface area contributed by atoms with Crippen molar-refractivity contribution in [3.63, 3.8) is 0 Å². The van der Waals surface area contributed by atoms with E-state index >= 15 is 0 Å². The second kappa shape index (κ2) is 8.44. The number of ether oxygens (including phenoxy) is 2. The third-order valence-corrected chi connectivity index (χ3v) is 6.25. The van der Waals surface area contributed by atoms with Gasteiger partial charge < -0.3 is 9.47 Å². The van der Waals surface area contributed by atoms with E-state index in [1.54, 1.807) is 25.1 Å². The number of methoxy groups -OCH3 is 2. The molecule has 152 valence electrons. The van der Waals surface area contributed by atoms with Crippen LogP contribution in [0, 0.1) is 12.7 Å². The molecule has 0 aliphatic carbocycles. The van der Waals surface area contributed by atoms with E-state index in [4.69, 9.17) is 9.47 Å². The average Bonchev–Trinajstić information content (AvgIpc) is 2.72. The van der Waals surface area contributed by atoms with Crippen LogP contribution in [0.25, 0.3) is 0 Å². The van der Waals surface area contributed by atoms with E-state index in [1.165, 1.54) is 44.9 Å². The molecular weight excluding hydrogens is 397 g/mol. The number of aromatic nitrogens is 2. The summed E-state index contributed by atoms with van der Waals surface area (Å²) in [4.78, 5) is 7.94. The Morgan fingerprint density at radius 1 is 1.07 bits per heavy atom. The summed E-state index contributed by atoms with van der Waals surface area (Å²) < 4.78 is 52.2. The summed E-state index contributed by atoms with van der Waals surface area (Å²) in [5.74, 6) is 0.722. The summed E-state index contributed by atoms with van der Waals surface area (Å²) in [6.07, 6.45) is 2.72. The maximum Gasteiger partial charge on any atom is 0.266 e. The van der Waals surface area contributed by atoms with E-state index in [1.807, 2.05) is 0 Å². The minimum Gasteiger partial charge on any atom is -0.497 e. The van der Waals surface area contributed by atoms with Crippen LogP contribution < -0.4 is 13.8 Å². The second-order valence-corrected chi connectivity index (χ2v) is 8.00. The smallest absolute Gasteiger partial charge is 0.266 e. The topological polar surface area (TPSA) is 81.6 Å². The van der Waals surface area contributed by atoms with Crippen LogP contribution in [0.5, 0.6) is 11.5 Å². The number of hydrogen-bond acceptors (Lipinski definition) is 6. The first-order chi connectivity index (χ1) is 13.9. The second-order valence-electron chi connectivity index (χ2n) is 6.17. The number of halogens is 1. The van der Waals surface area contributed by atoms with Gasteiger partial charge in [0.05, 0.1) is 25.7 Å². The summed E-state index contributed by atoms with van der Waals surface area (Å²) in [6, 6.07) is 10.1. The third kappa shape index (κ3) is 4.29. The Hall–Kier alpha value is -3.20. The molecule has 0 fully saturated rings. The fraction of sp³-hybridized carbons (Fsp3) is 0.200. The van der Waals surface area contributed by atoms with Gasteiger partial charge in [0.1, 0.15) is 29.5 Å². The molecular formula is C20H20FN3O4S. The van der Waals surface area contributed by atoms with Crippen molar-refractivity contribution in [3.05, 3.63) is 71.9 Å². The standard InChI is InChI=1S/C20H20FN3O4S/c1-14-10-16(21)5-7-19(14)29(25,26)24(20-8-9-22-13-23-20)12-15-4-6-17(27-2)11-18(15)28-3/h4-11,13H,12H2,1-3H3. The zero-order valence-electron chi connectivity index (χ0n) is 16.2. The molecule has 1 heterocycles. The molecule has 29 heavy (non-hydrogen) atoms. The van der Waals surface area contributed by atoms with Crippen molar-refractivity contribution >= 4 is 15.8 Å². The Labute approximate surface area is 168 Å². The van der Waals surface area contributed by atoms with Crippen LogP contribution in [0.2, 0.25) is 0 Å². The van der Waals surface area contributed by atoms with Crippen molar-refractivity contribution in [2.24, 2.45) is 0 Å². The highest BCUT2D eigenvalue weighted by Gasteiger charge is 2.29. The maximum atomic E-state index is 13.5. The summed E-state index contributed by atoms with van der Waals surface area (Å²) in [5, 5.41) is 0. The number of aryl methyl sites for hydroxylation is 1. The number of benzene rings is 2. The first-order valence-corrected chi connectivity index (χ1v) is 10.1. The van der Waals surface area contributed by atoms with E-state index in [9.17, 15) is 12.8 Å². The lowest BCUT2D eigenvalue weighted by atomic mass is 10.2. The van der Waals surface area contributed by atoms with Crippen molar-refractivity contribution in [2.45, 2.75) is 18.4 Å². The molecule has 0 unspecified atom stereocenters. The minimum atomic E-state index is -4.05. The summed E-state index contributed by atoms with van der Waals surface area (Å²) in [5.41, 5.74) is 0.904. The van der Waals surface area contributed by atoms with E-state index in [-0.39, 0.29) is 17.3 Å². The highest BCUT2D eigenvalue weighted by Crippen LogP contribution is 2.31. The Balaban J connectivity index is 2.12. The number of rotatable bonds is 7. The molecule has 0 aliphatic heterocycles. The Kier molecular flexibility index (Phi) is 5.97. The van der Waals surface area contributed by atoms with Gasteiger partial charge in [0, 0.05) is 23.9 Å². The van der Waals surface area contributed by atoms with Crippen LogP contribution in [0.3, 0.4) is 0 Å². The molecule has 7 nitrogen and oxygen atoms in total. The zero-order chi connectivity index (χ0) is 21.0. The summed E-state index contributed by atoms with van der Waals surface area (Å²) in [6.45, 7) is 1.49. The summed E-state index contributed by atoms with van der Waals surface area (Å²) >= 11 is 0. The van der Waals surface area contributed by atoms with Gasteiger partial charge in [-0.05, 0) is 42.8 Å². The average molecular weight is 417 g/mol. The van der Waals surface area contributed by atoms with Crippen LogP contribution in [-0.2, 0) is 16.6 Å². The lowest BCUT2D eigenvalue weighted by molar-refractivity contribution is 0.391. The van der Waals surface area contributed by atoms with Gasteiger partial charge >= 0.3 is 0 Å². The van der Waals surface area contributed by atoms with Gasteiger partial charge in [0.25, 0.3) is 10.0 Å². The molecule has 0 saturated heterocycles. The normalized spacial score (nSPS) is 11.2. The van der Waals surface area contributed by atoms with Crippen LogP contribution in [0.1, 0.15) is 11.1 Å². The van der Waals surface area contributed by atoms with Crippen LogP contribution in [0.4, 0.5) is 10.2 Å². The number of anilines is 1. The molecule has 0 amide bonds. The number of nitrogens with zero attached hydrogens (tertiary/aromatic N) is 3. The first-order valence-electron chi connectivity index (χ1n) is 8.62. The third-order valence-electron chi connectivity index (χ3n) is 4.34. The van der Waals surface area contributed by atoms with Crippen molar-refractivity contribution < 1.29 is 22.3 Å². The molecule has 0 aliphatic rings. The van der Waals surface area contributed by atoms with Gasteiger partial charge in [-0.15, -0.1) is 0 Å². The van der Waals surface area contributed by atoms with Gasteiger partial charge in [0.15, 0.2) is 0 Å². The Morgan fingerprint density at radius 3 is 2.48 bits per heavy atom. The van der Waals surface area contributed by atoms with Crippen molar-refractivity contribution in [2.75, 3.05) is 18.5 Å². The molecule has 0 radical (unpaired) electrons. The number of hydrogen-bond donors (Lipinski definition) is 0. The SMILES string of the molecule is COc1ccc(CN(c2ccncn2)S(=O)(=O)c2ccc(F)cc2C)c(OC)c1. The molecule has 0 spiro atoms. The largest absolute Gasteiger partial charge is 0.497 e. The predicted octanol–water partition coefficient (Wildman–Crippen LogP) is 3.34. The molecule has 9 heteroatoms. The number of sulfonamides is 1. The van der Waals surface area contributed by atoms with Gasteiger partial charge in [-0.2, -0.15) is 0 Å². The first kappa shape index (κ1) is 20.5. The van der Waals surface area contributed by atoms with Crippen molar-refractivity contribution in [1.82, 2.24) is 9.97 Å². The molecule has 0 saturated carbocycles. The van der Waals surface area contributed by atoms with Crippen LogP contribution in [-0.4, -0.2) is 32.6 Å².